The molecule has 1 aliphatic heterocycles. The van der Waals surface area contributed by atoms with Crippen molar-refractivity contribution in [2.24, 2.45) is 0 Å². The molecule has 0 spiro atoms. The second-order valence-corrected chi connectivity index (χ2v) is 4.40. The SMILES string of the molecule is CC1=C(C#N)C(c2cc(C(=O)O)co2)C(C#N)=C(C)N1. The third-order valence-corrected chi connectivity index (χ3v) is 3.15. The molecule has 1 aromatic heterocycles. The molecule has 100 valence electrons. The summed E-state index contributed by atoms with van der Waals surface area (Å²) in [5.74, 6) is -1.51. The predicted octanol–water partition coefficient (Wildman–Crippen LogP) is 2.26. The summed E-state index contributed by atoms with van der Waals surface area (Å²) in [4.78, 5) is 10.9. The van der Waals surface area contributed by atoms with E-state index in [1.165, 1.54) is 6.07 Å². The predicted molar refractivity (Wildman–Crippen MR) is 68.2 cm³/mol. The molecule has 2 rings (SSSR count). The highest BCUT2D eigenvalue weighted by Gasteiger charge is 2.32. The van der Waals surface area contributed by atoms with Gasteiger partial charge in [-0.2, -0.15) is 10.5 Å². The van der Waals surface area contributed by atoms with Crippen LogP contribution in [0.1, 0.15) is 35.9 Å². The molecule has 2 N–H and O–H groups in total. The molecule has 0 bridgehead atoms. The molecule has 0 radical (unpaired) electrons. The Morgan fingerprint density at radius 3 is 2.25 bits per heavy atom. The minimum absolute atomic E-state index is 0.0107. The molecule has 20 heavy (non-hydrogen) atoms. The molecule has 0 aliphatic carbocycles. The van der Waals surface area contributed by atoms with Gasteiger partial charge in [-0.1, -0.05) is 0 Å². The fraction of sp³-hybridized carbons (Fsp3) is 0.214. The lowest BCUT2D eigenvalue weighted by Gasteiger charge is -2.24. The molecular weight excluding hydrogens is 258 g/mol. The molecular formula is C14H11N3O3. The lowest BCUT2D eigenvalue weighted by atomic mass is 9.85. The van der Waals surface area contributed by atoms with Crippen LogP contribution in [0.3, 0.4) is 0 Å². The number of dihydropyridines is 1. The maximum Gasteiger partial charge on any atom is 0.338 e. The van der Waals surface area contributed by atoms with Gasteiger partial charge in [0.1, 0.15) is 12.0 Å². The smallest absolute Gasteiger partial charge is 0.338 e. The standard InChI is InChI=1S/C14H11N3O3/c1-7-10(4-15)13(11(5-16)8(2)17-7)12-3-9(6-20-12)14(18)19/h3,6,13,17H,1-2H3,(H,18,19). The number of hydrogen-bond acceptors (Lipinski definition) is 5. The van der Waals surface area contributed by atoms with Crippen molar-refractivity contribution in [3.63, 3.8) is 0 Å². The number of nitrogens with zero attached hydrogens (tertiary/aromatic N) is 2. The van der Waals surface area contributed by atoms with Crippen LogP contribution in [0.5, 0.6) is 0 Å². The highest BCUT2D eigenvalue weighted by atomic mass is 16.4. The highest BCUT2D eigenvalue weighted by molar-refractivity contribution is 5.87. The van der Waals surface area contributed by atoms with Gasteiger partial charge in [-0.05, 0) is 19.9 Å². The Hall–Kier alpha value is -2.99. The van der Waals surface area contributed by atoms with E-state index < -0.39 is 11.9 Å². The first-order valence-electron chi connectivity index (χ1n) is 5.80. The number of nitrogens with one attached hydrogen (secondary N) is 1. The van der Waals surface area contributed by atoms with Gasteiger partial charge in [-0.3, -0.25) is 0 Å². The van der Waals surface area contributed by atoms with Crippen LogP contribution in [-0.4, -0.2) is 11.1 Å². The molecule has 0 saturated heterocycles. The van der Waals surface area contributed by atoms with Gasteiger partial charge >= 0.3 is 5.97 Å². The fourth-order valence-electron chi connectivity index (χ4n) is 2.19. The zero-order valence-electron chi connectivity index (χ0n) is 10.9. The van der Waals surface area contributed by atoms with Gasteiger partial charge in [0.2, 0.25) is 0 Å². The van der Waals surface area contributed by atoms with E-state index in [-0.39, 0.29) is 11.3 Å². The molecule has 0 fully saturated rings. The summed E-state index contributed by atoms with van der Waals surface area (Å²) < 4.78 is 5.25. The van der Waals surface area contributed by atoms with Gasteiger partial charge in [-0.15, -0.1) is 0 Å². The van der Waals surface area contributed by atoms with Crippen LogP contribution >= 0.6 is 0 Å². The Morgan fingerprint density at radius 1 is 1.30 bits per heavy atom. The minimum Gasteiger partial charge on any atom is -0.478 e. The first kappa shape index (κ1) is 13.4. The Kier molecular flexibility index (Phi) is 3.32. The molecule has 0 unspecified atom stereocenters. The number of nitriles is 2. The van der Waals surface area contributed by atoms with Crippen LogP contribution in [0, 0.1) is 22.7 Å². The van der Waals surface area contributed by atoms with Crippen molar-refractivity contribution < 1.29 is 14.3 Å². The Morgan fingerprint density at radius 2 is 1.85 bits per heavy atom. The highest BCUT2D eigenvalue weighted by Crippen LogP contribution is 2.37. The minimum atomic E-state index is -1.12. The van der Waals surface area contributed by atoms with Crippen LogP contribution in [0.4, 0.5) is 0 Å². The third kappa shape index (κ3) is 2.04. The van der Waals surface area contributed by atoms with E-state index in [9.17, 15) is 15.3 Å². The van der Waals surface area contributed by atoms with Crippen LogP contribution in [0.25, 0.3) is 0 Å². The maximum atomic E-state index is 10.9. The molecule has 1 aliphatic rings. The second kappa shape index (κ2) is 4.94. The van der Waals surface area contributed by atoms with E-state index in [1.54, 1.807) is 13.8 Å². The summed E-state index contributed by atoms with van der Waals surface area (Å²) in [6.07, 6.45) is 1.11. The normalized spacial score (nSPS) is 15.6. The van der Waals surface area contributed by atoms with E-state index in [0.29, 0.717) is 22.5 Å². The van der Waals surface area contributed by atoms with Gasteiger partial charge in [0.25, 0.3) is 0 Å². The lowest BCUT2D eigenvalue weighted by molar-refractivity contribution is 0.0696. The number of carboxylic acids is 1. The first-order valence-corrected chi connectivity index (χ1v) is 5.80. The van der Waals surface area contributed by atoms with Gasteiger partial charge < -0.3 is 14.8 Å². The zero-order chi connectivity index (χ0) is 14.9. The molecule has 1 aromatic rings. The van der Waals surface area contributed by atoms with Gasteiger partial charge in [0.05, 0.1) is 34.8 Å². The molecule has 0 atom stereocenters. The average Bonchev–Trinajstić information content (AvgIpc) is 2.87. The Labute approximate surface area is 115 Å². The molecule has 0 saturated carbocycles. The fourth-order valence-corrected chi connectivity index (χ4v) is 2.19. The summed E-state index contributed by atoms with van der Waals surface area (Å²) in [6, 6.07) is 5.44. The van der Waals surface area contributed by atoms with Crippen molar-refractivity contribution in [3.05, 3.63) is 46.2 Å². The van der Waals surface area contributed by atoms with E-state index in [2.05, 4.69) is 17.5 Å². The third-order valence-electron chi connectivity index (χ3n) is 3.15. The summed E-state index contributed by atoms with van der Waals surface area (Å²) in [5, 5.41) is 30.4. The molecule has 6 nitrogen and oxygen atoms in total. The van der Waals surface area contributed by atoms with Crippen molar-refractivity contribution >= 4 is 5.97 Å². The summed E-state index contributed by atoms with van der Waals surface area (Å²) in [6.45, 7) is 3.45. The van der Waals surface area contributed by atoms with Gasteiger partial charge in [-0.25, -0.2) is 4.79 Å². The van der Waals surface area contributed by atoms with Crippen LogP contribution in [0.15, 0.2) is 39.3 Å². The topological polar surface area (TPSA) is 110 Å². The number of carboxylic acid groups (broad SMARTS) is 1. The second-order valence-electron chi connectivity index (χ2n) is 4.40. The van der Waals surface area contributed by atoms with E-state index in [0.717, 1.165) is 6.26 Å². The van der Waals surface area contributed by atoms with Crippen molar-refractivity contribution in [2.75, 3.05) is 0 Å². The van der Waals surface area contributed by atoms with Gasteiger partial charge in [0, 0.05) is 11.4 Å². The van der Waals surface area contributed by atoms with Crippen molar-refractivity contribution in [3.8, 4) is 12.1 Å². The number of hydrogen-bond donors (Lipinski definition) is 2. The van der Waals surface area contributed by atoms with Crippen LogP contribution < -0.4 is 5.32 Å². The quantitative estimate of drug-likeness (QED) is 0.852. The molecule has 0 amide bonds. The monoisotopic (exact) mass is 269 g/mol. The van der Waals surface area contributed by atoms with Crippen molar-refractivity contribution in [1.29, 1.82) is 10.5 Å². The maximum absolute atomic E-state index is 10.9. The lowest BCUT2D eigenvalue weighted by Crippen LogP contribution is -2.23. The van der Waals surface area contributed by atoms with E-state index in [1.807, 2.05) is 0 Å². The van der Waals surface area contributed by atoms with Crippen LogP contribution in [0.2, 0.25) is 0 Å². The van der Waals surface area contributed by atoms with E-state index in [4.69, 9.17) is 9.52 Å². The number of furan rings is 1. The largest absolute Gasteiger partial charge is 0.478 e. The number of rotatable bonds is 2. The van der Waals surface area contributed by atoms with Crippen molar-refractivity contribution in [2.45, 2.75) is 19.8 Å². The summed E-state index contributed by atoms with van der Waals surface area (Å²) in [7, 11) is 0. The summed E-state index contributed by atoms with van der Waals surface area (Å²) in [5.41, 5.74) is 1.94. The average molecular weight is 269 g/mol. The zero-order valence-corrected chi connectivity index (χ0v) is 10.9. The number of allylic oxidation sites excluding steroid dienone is 4. The first-order chi connectivity index (χ1) is 9.49. The molecule has 0 aromatic carbocycles. The Balaban J connectivity index is 2.59. The summed E-state index contributed by atoms with van der Waals surface area (Å²) >= 11 is 0. The Bertz CT molecular complexity index is 690. The molecule has 6 heteroatoms. The number of aromatic carboxylic acids is 1. The molecule has 2 heterocycles. The van der Waals surface area contributed by atoms with Crippen LogP contribution in [-0.2, 0) is 0 Å². The van der Waals surface area contributed by atoms with Crippen molar-refractivity contribution in [1.82, 2.24) is 5.32 Å². The number of carbonyl (C=O) groups is 1. The van der Waals surface area contributed by atoms with E-state index >= 15 is 0 Å². The van der Waals surface area contributed by atoms with Gasteiger partial charge in [0.15, 0.2) is 0 Å².